The summed E-state index contributed by atoms with van der Waals surface area (Å²) in [5, 5.41) is 6.94. The molecule has 3 aromatic heterocycles. The number of benzene rings is 2. The van der Waals surface area contributed by atoms with E-state index >= 15 is 0 Å². The summed E-state index contributed by atoms with van der Waals surface area (Å²) in [6.45, 7) is 4.79. The molecule has 6 rings (SSSR count). The van der Waals surface area contributed by atoms with Crippen molar-refractivity contribution >= 4 is 22.6 Å². The smallest absolute Gasteiger partial charge is 0.319 e. The minimum atomic E-state index is -0.253. The number of nitrogens with zero attached hydrogens (tertiary/aromatic N) is 5. The Morgan fingerprint density at radius 1 is 0.897 bits per heavy atom. The molecule has 0 unspecified atom stereocenters. The second kappa shape index (κ2) is 11.5. The second-order valence-electron chi connectivity index (χ2n) is 9.99. The van der Waals surface area contributed by atoms with E-state index in [4.69, 9.17) is 4.98 Å². The van der Waals surface area contributed by atoms with E-state index in [1.807, 2.05) is 42.6 Å². The standard InChI is InChI=1S/C31H33N7O/c39-31(34-22-24-7-6-14-32-21-24)35-25-10-12-26(13-11-25)38-23-28(27-8-2-3-9-29(27)38)30-33-15-18-37(30)20-19-36-16-4-1-5-17-36/h2-3,6-15,18,21,23H,1,4-5,16-17,19-20,22H2,(H2,34,35,39). The van der Waals surface area contributed by atoms with Gasteiger partial charge < -0.3 is 24.7 Å². The molecule has 0 saturated carbocycles. The number of piperidine rings is 1. The number of aromatic nitrogens is 4. The number of para-hydroxylation sites is 1. The summed E-state index contributed by atoms with van der Waals surface area (Å²) in [4.78, 5) is 23.8. The van der Waals surface area contributed by atoms with E-state index in [0.29, 0.717) is 6.54 Å². The van der Waals surface area contributed by atoms with Gasteiger partial charge in [-0.2, -0.15) is 0 Å². The Kier molecular flexibility index (Phi) is 7.36. The number of rotatable bonds is 8. The summed E-state index contributed by atoms with van der Waals surface area (Å²) < 4.78 is 4.47. The molecule has 1 aliphatic rings. The number of nitrogens with one attached hydrogen (secondary N) is 2. The molecule has 8 heteroatoms. The Balaban J connectivity index is 1.19. The van der Waals surface area contributed by atoms with E-state index in [1.54, 1.807) is 12.4 Å². The first-order valence-corrected chi connectivity index (χ1v) is 13.6. The molecule has 4 heterocycles. The molecule has 2 aromatic carbocycles. The summed E-state index contributed by atoms with van der Waals surface area (Å²) in [5.41, 5.74) is 4.93. The highest BCUT2D eigenvalue weighted by Gasteiger charge is 2.17. The highest BCUT2D eigenvalue weighted by Crippen LogP contribution is 2.32. The SMILES string of the molecule is O=C(NCc1cccnc1)Nc1ccc(-n2cc(-c3nccn3CCN3CCCCC3)c3ccccc32)cc1. The Hall–Kier alpha value is -4.43. The molecule has 0 spiro atoms. The zero-order valence-electron chi connectivity index (χ0n) is 22.0. The predicted octanol–water partition coefficient (Wildman–Crippen LogP) is 5.70. The average Bonchev–Trinajstić information content (AvgIpc) is 3.61. The number of urea groups is 1. The number of imidazole rings is 1. The van der Waals surface area contributed by atoms with Crippen LogP contribution in [-0.2, 0) is 13.1 Å². The molecule has 1 fully saturated rings. The number of pyridine rings is 1. The lowest BCUT2D eigenvalue weighted by Gasteiger charge is -2.26. The van der Waals surface area contributed by atoms with Crippen LogP contribution in [0.4, 0.5) is 10.5 Å². The lowest BCUT2D eigenvalue weighted by molar-refractivity contribution is 0.221. The van der Waals surface area contributed by atoms with Crippen molar-refractivity contribution in [3.8, 4) is 17.1 Å². The van der Waals surface area contributed by atoms with Crippen LogP contribution in [0.3, 0.4) is 0 Å². The van der Waals surface area contributed by atoms with E-state index in [1.165, 1.54) is 37.7 Å². The zero-order chi connectivity index (χ0) is 26.4. The zero-order valence-corrected chi connectivity index (χ0v) is 22.0. The van der Waals surface area contributed by atoms with E-state index in [-0.39, 0.29) is 6.03 Å². The van der Waals surface area contributed by atoms with Crippen LogP contribution in [0.25, 0.3) is 28.0 Å². The molecule has 0 bridgehead atoms. The first kappa shape index (κ1) is 24.9. The van der Waals surface area contributed by atoms with Crippen molar-refractivity contribution in [1.82, 2.24) is 29.3 Å². The van der Waals surface area contributed by atoms with Crippen LogP contribution < -0.4 is 10.6 Å². The fraction of sp³-hybridized carbons (Fsp3) is 0.258. The first-order valence-electron chi connectivity index (χ1n) is 13.6. The summed E-state index contributed by atoms with van der Waals surface area (Å²) in [6, 6.07) is 19.9. The largest absolute Gasteiger partial charge is 0.334 e. The molecule has 8 nitrogen and oxygen atoms in total. The molecular formula is C31H33N7O. The predicted molar refractivity (Wildman–Crippen MR) is 155 cm³/mol. The third-order valence-corrected chi connectivity index (χ3v) is 7.35. The number of amides is 2. The van der Waals surface area contributed by atoms with Crippen molar-refractivity contribution in [3.63, 3.8) is 0 Å². The topological polar surface area (TPSA) is 80.0 Å². The van der Waals surface area contributed by atoms with Gasteiger partial charge in [-0.25, -0.2) is 9.78 Å². The van der Waals surface area contributed by atoms with Crippen LogP contribution in [0, 0.1) is 0 Å². The normalized spacial score (nSPS) is 13.9. The molecule has 198 valence electrons. The maximum absolute atomic E-state index is 12.4. The van der Waals surface area contributed by atoms with Gasteiger partial charge in [0.05, 0.1) is 5.52 Å². The molecule has 0 aliphatic carbocycles. The van der Waals surface area contributed by atoms with E-state index in [0.717, 1.165) is 46.9 Å². The van der Waals surface area contributed by atoms with Gasteiger partial charge in [0, 0.05) is 72.9 Å². The van der Waals surface area contributed by atoms with Crippen LogP contribution >= 0.6 is 0 Å². The van der Waals surface area contributed by atoms with Crippen molar-refractivity contribution in [2.24, 2.45) is 0 Å². The quantitative estimate of drug-likeness (QED) is 0.276. The van der Waals surface area contributed by atoms with Gasteiger partial charge in [-0.05, 0) is 67.9 Å². The summed E-state index contributed by atoms with van der Waals surface area (Å²) in [7, 11) is 0. The molecule has 2 amide bonds. The van der Waals surface area contributed by atoms with Gasteiger partial charge >= 0.3 is 6.03 Å². The highest BCUT2D eigenvalue weighted by molar-refractivity contribution is 5.96. The molecule has 0 radical (unpaired) electrons. The van der Waals surface area contributed by atoms with E-state index in [2.05, 4.69) is 66.3 Å². The van der Waals surface area contributed by atoms with Gasteiger partial charge in [-0.3, -0.25) is 4.98 Å². The lowest BCUT2D eigenvalue weighted by Crippen LogP contribution is -2.32. The van der Waals surface area contributed by atoms with Gasteiger partial charge in [0.1, 0.15) is 5.82 Å². The molecule has 39 heavy (non-hydrogen) atoms. The second-order valence-corrected chi connectivity index (χ2v) is 9.99. The van der Waals surface area contributed by atoms with Crippen LogP contribution in [0.2, 0.25) is 0 Å². The lowest BCUT2D eigenvalue weighted by atomic mass is 10.1. The van der Waals surface area contributed by atoms with Gasteiger partial charge in [-0.1, -0.05) is 30.7 Å². The van der Waals surface area contributed by atoms with Crippen LogP contribution in [-0.4, -0.2) is 49.7 Å². The summed E-state index contributed by atoms with van der Waals surface area (Å²) in [6.07, 6.45) is 13.6. The number of hydrogen-bond donors (Lipinski definition) is 2. The van der Waals surface area contributed by atoms with Crippen molar-refractivity contribution in [1.29, 1.82) is 0 Å². The number of likely N-dealkylation sites (tertiary alicyclic amines) is 1. The Labute approximate surface area is 228 Å². The summed E-state index contributed by atoms with van der Waals surface area (Å²) >= 11 is 0. The monoisotopic (exact) mass is 519 g/mol. The summed E-state index contributed by atoms with van der Waals surface area (Å²) in [5.74, 6) is 0.991. The maximum Gasteiger partial charge on any atom is 0.319 e. The Bertz CT molecular complexity index is 1530. The first-order chi connectivity index (χ1) is 19.2. The van der Waals surface area contributed by atoms with E-state index < -0.39 is 0 Å². The third kappa shape index (κ3) is 5.71. The van der Waals surface area contributed by atoms with Crippen molar-refractivity contribution in [2.45, 2.75) is 32.4 Å². The van der Waals surface area contributed by atoms with Crippen LogP contribution in [0.15, 0.2) is 91.6 Å². The van der Waals surface area contributed by atoms with Gasteiger partial charge in [0.2, 0.25) is 0 Å². The molecule has 5 aromatic rings. The fourth-order valence-electron chi connectivity index (χ4n) is 5.30. The average molecular weight is 520 g/mol. The minimum Gasteiger partial charge on any atom is -0.334 e. The van der Waals surface area contributed by atoms with Gasteiger partial charge in [-0.15, -0.1) is 0 Å². The van der Waals surface area contributed by atoms with Gasteiger partial charge in [0.15, 0.2) is 0 Å². The fourth-order valence-corrected chi connectivity index (χ4v) is 5.30. The number of carbonyl (C=O) groups is 1. The van der Waals surface area contributed by atoms with Gasteiger partial charge in [0.25, 0.3) is 0 Å². The van der Waals surface area contributed by atoms with Crippen molar-refractivity contribution in [3.05, 3.63) is 97.2 Å². The number of anilines is 1. The van der Waals surface area contributed by atoms with Crippen LogP contribution in [0.1, 0.15) is 24.8 Å². The Morgan fingerprint density at radius 2 is 1.74 bits per heavy atom. The minimum absolute atomic E-state index is 0.253. The Morgan fingerprint density at radius 3 is 2.56 bits per heavy atom. The van der Waals surface area contributed by atoms with Crippen LogP contribution in [0.5, 0.6) is 0 Å². The maximum atomic E-state index is 12.4. The molecule has 1 saturated heterocycles. The molecular weight excluding hydrogens is 486 g/mol. The molecule has 2 N–H and O–H groups in total. The number of carbonyl (C=O) groups excluding carboxylic acids is 1. The van der Waals surface area contributed by atoms with Crippen molar-refractivity contribution < 1.29 is 4.79 Å². The van der Waals surface area contributed by atoms with Crippen molar-refractivity contribution in [2.75, 3.05) is 25.0 Å². The molecule has 1 aliphatic heterocycles. The highest BCUT2D eigenvalue weighted by atomic mass is 16.2. The number of hydrogen-bond acceptors (Lipinski definition) is 4. The number of fused-ring (bicyclic) bond motifs is 1. The van der Waals surface area contributed by atoms with E-state index in [9.17, 15) is 4.79 Å². The third-order valence-electron chi connectivity index (χ3n) is 7.35. The molecule has 0 atom stereocenters.